The van der Waals surface area contributed by atoms with Crippen molar-refractivity contribution >= 4 is 27.1 Å². The summed E-state index contributed by atoms with van der Waals surface area (Å²) in [6.07, 6.45) is 3.87. The first-order valence-corrected chi connectivity index (χ1v) is 11.8. The van der Waals surface area contributed by atoms with Gasteiger partial charge in [-0.3, -0.25) is 4.79 Å². The largest absolute Gasteiger partial charge is 0.335 e. The number of thiazole rings is 1. The minimum Gasteiger partial charge on any atom is -0.335 e. The van der Waals surface area contributed by atoms with Gasteiger partial charge in [0.25, 0.3) is 0 Å². The van der Waals surface area contributed by atoms with Crippen LogP contribution in [0.1, 0.15) is 49.0 Å². The highest BCUT2D eigenvalue weighted by Crippen LogP contribution is 2.19. The maximum atomic E-state index is 12.8. The van der Waals surface area contributed by atoms with Gasteiger partial charge in [0.05, 0.1) is 23.5 Å². The van der Waals surface area contributed by atoms with Crippen LogP contribution in [0.2, 0.25) is 0 Å². The number of hydrogen-bond donors (Lipinski definition) is 0. The molecule has 0 unspecified atom stereocenters. The molecule has 1 amide bonds. The normalized spacial score (nSPS) is 15.9. The fraction of sp³-hybridized carbons (Fsp3) is 0.647. The van der Waals surface area contributed by atoms with Gasteiger partial charge < -0.3 is 9.47 Å². The average molecular weight is 412 g/mol. The third-order valence-electron chi connectivity index (χ3n) is 4.83. The monoisotopic (exact) mass is 411 g/mol. The van der Waals surface area contributed by atoms with E-state index in [-0.39, 0.29) is 16.8 Å². The fourth-order valence-corrected chi connectivity index (χ4v) is 5.55. The van der Waals surface area contributed by atoms with Gasteiger partial charge in [-0.2, -0.15) is 0 Å². The number of nitrogens with zero attached hydrogens (tertiary/aromatic N) is 5. The highest BCUT2D eigenvalue weighted by Gasteiger charge is 2.26. The molecule has 0 aliphatic carbocycles. The van der Waals surface area contributed by atoms with Crippen LogP contribution < -0.4 is 0 Å². The van der Waals surface area contributed by atoms with Crippen LogP contribution in [0.5, 0.6) is 0 Å². The smallest absolute Gasteiger partial charge is 0.249 e. The topological polar surface area (TPSA) is 98.0 Å². The van der Waals surface area contributed by atoms with Crippen molar-refractivity contribution in [1.29, 1.82) is 0 Å². The minimum atomic E-state index is -3.57. The second-order valence-electron chi connectivity index (χ2n) is 6.70. The Kier molecular flexibility index (Phi) is 6.25. The van der Waals surface area contributed by atoms with Crippen LogP contribution in [0.25, 0.3) is 0 Å². The Hall–Kier alpha value is -1.81. The van der Waals surface area contributed by atoms with Gasteiger partial charge in [-0.25, -0.2) is 13.4 Å². The molecule has 0 atom stereocenters. The molecule has 1 aliphatic rings. The molecule has 0 bridgehead atoms. The van der Waals surface area contributed by atoms with Gasteiger partial charge in [-0.15, -0.1) is 21.5 Å². The predicted molar refractivity (Wildman–Crippen MR) is 102 cm³/mol. The predicted octanol–water partition coefficient (Wildman–Crippen LogP) is 1.98. The lowest BCUT2D eigenvalue weighted by molar-refractivity contribution is -0.131. The van der Waals surface area contributed by atoms with E-state index in [1.807, 2.05) is 13.8 Å². The zero-order valence-electron chi connectivity index (χ0n) is 15.7. The number of carbonyl (C=O) groups is 1. The molecule has 0 N–H and O–H groups in total. The molecule has 3 rings (SSSR count). The summed E-state index contributed by atoms with van der Waals surface area (Å²) < 4.78 is 27.3. The van der Waals surface area contributed by atoms with Crippen LogP contribution >= 0.6 is 11.3 Å². The number of carbonyl (C=O) groups excluding carboxylic acids is 1. The van der Waals surface area contributed by atoms with E-state index in [9.17, 15) is 13.2 Å². The average Bonchev–Trinajstić information content (AvgIpc) is 3.18. The van der Waals surface area contributed by atoms with E-state index in [2.05, 4.69) is 15.2 Å². The second-order valence-corrected chi connectivity index (χ2v) is 9.64. The van der Waals surface area contributed by atoms with Gasteiger partial charge in [0.2, 0.25) is 20.9 Å². The van der Waals surface area contributed by atoms with Crippen LogP contribution in [0.4, 0.5) is 0 Å². The number of sulfone groups is 1. The lowest BCUT2D eigenvalue weighted by atomic mass is 10.2. The highest BCUT2D eigenvalue weighted by molar-refractivity contribution is 7.91. The molecule has 0 aromatic carbocycles. The first-order chi connectivity index (χ1) is 12.9. The summed E-state index contributed by atoms with van der Waals surface area (Å²) in [5, 5.41) is 8.07. The van der Waals surface area contributed by atoms with Crippen molar-refractivity contribution in [2.75, 3.05) is 12.3 Å². The van der Waals surface area contributed by atoms with Gasteiger partial charge in [0.15, 0.2) is 5.82 Å². The van der Waals surface area contributed by atoms with Crippen molar-refractivity contribution in [1.82, 2.24) is 24.6 Å². The molecule has 148 valence electrons. The lowest BCUT2D eigenvalue weighted by Gasteiger charge is -2.20. The molecule has 8 nitrogen and oxygen atoms in total. The van der Waals surface area contributed by atoms with E-state index in [0.717, 1.165) is 29.8 Å². The molecule has 0 saturated carbocycles. The molecule has 0 radical (unpaired) electrons. The summed E-state index contributed by atoms with van der Waals surface area (Å²) in [5.74, 6) is 0.597. The first-order valence-electron chi connectivity index (χ1n) is 9.24. The minimum absolute atomic E-state index is 0.00978. The highest BCUT2D eigenvalue weighted by atomic mass is 32.2. The third-order valence-corrected chi connectivity index (χ3v) is 7.43. The van der Waals surface area contributed by atoms with Crippen molar-refractivity contribution < 1.29 is 13.2 Å². The summed E-state index contributed by atoms with van der Waals surface area (Å²) in [4.78, 5) is 19.1. The standard InChI is InChI=1S/C17H25N5O3S2/c1-3-22-15(11-21-9-6-4-5-7-16(21)23)19-20-17(22)27(24,25)10-8-14-13(2)18-12-26-14/h12H,3-11H2,1-2H3. The molecule has 1 saturated heterocycles. The summed E-state index contributed by atoms with van der Waals surface area (Å²) >= 11 is 1.46. The van der Waals surface area contributed by atoms with Crippen molar-refractivity contribution in [3.8, 4) is 0 Å². The molecular weight excluding hydrogens is 386 g/mol. The maximum absolute atomic E-state index is 12.8. The third kappa shape index (κ3) is 4.55. The van der Waals surface area contributed by atoms with Crippen LogP contribution in [0, 0.1) is 6.92 Å². The van der Waals surface area contributed by atoms with Crippen LogP contribution in [0.15, 0.2) is 10.7 Å². The number of likely N-dealkylation sites (tertiary alicyclic amines) is 1. The fourth-order valence-electron chi connectivity index (χ4n) is 3.24. The van der Waals surface area contributed by atoms with Crippen molar-refractivity contribution in [2.45, 2.75) is 64.2 Å². The quantitative estimate of drug-likeness (QED) is 0.691. The number of aromatic nitrogens is 4. The molecule has 0 spiro atoms. The SMILES string of the molecule is CCn1c(CN2CCCCCC2=O)nnc1S(=O)(=O)CCc1scnc1C. The molecule has 10 heteroatoms. The Morgan fingerprint density at radius 2 is 2.04 bits per heavy atom. The Morgan fingerprint density at radius 1 is 1.22 bits per heavy atom. The van der Waals surface area contributed by atoms with E-state index in [1.165, 1.54) is 11.3 Å². The molecule has 2 aromatic rings. The maximum Gasteiger partial charge on any atom is 0.249 e. The molecule has 1 fully saturated rings. The molecule has 27 heavy (non-hydrogen) atoms. The van der Waals surface area contributed by atoms with E-state index in [0.29, 0.717) is 38.3 Å². The molecule has 2 aromatic heterocycles. The molecule has 1 aliphatic heterocycles. The van der Waals surface area contributed by atoms with Gasteiger partial charge in [-0.1, -0.05) is 6.42 Å². The molecule has 3 heterocycles. The summed E-state index contributed by atoms with van der Waals surface area (Å²) in [5.41, 5.74) is 2.59. The first kappa shape index (κ1) is 19.9. The Morgan fingerprint density at radius 3 is 2.74 bits per heavy atom. The van der Waals surface area contributed by atoms with E-state index >= 15 is 0 Å². The van der Waals surface area contributed by atoms with Gasteiger partial charge >= 0.3 is 0 Å². The van der Waals surface area contributed by atoms with E-state index < -0.39 is 9.84 Å². The summed E-state index contributed by atoms with van der Waals surface area (Å²) in [6.45, 7) is 5.18. The Balaban J connectivity index is 1.78. The van der Waals surface area contributed by atoms with Gasteiger partial charge in [-0.05, 0) is 33.1 Å². The zero-order valence-corrected chi connectivity index (χ0v) is 17.4. The van der Waals surface area contributed by atoms with Crippen LogP contribution in [-0.4, -0.2) is 51.3 Å². The number of amides is 1. The zero-order chi connectivity index (χ0) is 19.4. The van der Waals surface area contributed by atoms with Crippen molar-refractivity contribution in [3.05, 3.63) is 21.9 Å². The second kappa shape index (κ2) is 8.47. The van der Waals surface area contributed by atoms with Crippen LogP contribution in [-0.2, 0) is 34.1 Å². The Labute approximate surface area is 163 Å². The van der Waals surface area contributed by atoms with Crippen molar-refractivity contribution in [3.63, 3.8) is 0 Å². The van der Waals surface area contributed by atoms with Crippen LogP contribution in [0.3, 0.4) is 0 Å². The lowest BCUT2D eigenvalue weighted by Crippen LogP contribution is -2.31. The molecular formula is C17H25N5O3S2. The van der Waals surface area contributed by atoms with E-state index in [4.69, 9.17) is 0 Å². The number of hydrogen-bond acceptors (Lipinski definition) is 7. The number of aryl methyl sites for hydroxylation is 2. The van der Waals surface area contributed by atoms with Gasteiger partial charge in [0.1, 0.15) is 0 Å². The van der Waals surface area contributed by atoms with Gasteiger partial charge in [0, 0.05) is 24.4 Å². The Bertz CT molecular complexity index is 904. The number of rotatable bonds is 7. The van der Waals surface area contributed by atoms with Crippen molar-refractivity contribution in [2.24, 2.45) is 0 Å². The van der Waals surface area contributed by atoms with E-state index in [1.54, 1.807) is 15.0 Å². The summed E-state index contributed by atoms with van der Waals surface area (Å²) in [6, 6.07) is 0. The summed E-state index contributed by atoms with van der Waals surface area (Å²) in [7, 11) is -3.57.